The molecule has 0 aliphatic carbocycles. The lowest BCUT2D eigenvalue weighted by Gasteiger charge is -2.36. The predicted molar refractivity (Wildman–Crippen MR) is 130 cm³/mol. The number of hydrogen-bond acceptors (Lipinski definition) is 4. The van der Waals surface area contributed by atoms with Crippen molar-refractivity contribution in [1.29, 1.82) is 0 Å². The van der Waals surface area contributed by atoms with Gasteiger partial charge in [-0.2, -0.15) is 0 Å². The number of carbonyl (C=O) groups is 3. The van der Waals surface area contributed by atoms with Gasteiger partial charge in [0.25, 0.3) is 0 Å². The fourth-order valence-corrected chi connectivity index (χ4v) is 7.28. The quantitative estimate of drug-likeness (QED) is 0.539. The highest BCUT2D eigenvalue weighted by Gasteiger charge is 2.74. The largest absolute Gasteiger partial charge is 0.324 e. The Morgan fingerprint density at radius 3 is 2.62 bits per heavy atom. The lowest BCUT2D eigenvalue weighted by atomic mass is 9.75. The van der Waals surface area contributed by atoms with Crippen LogP contribution in [-0.2, 0) is 19.9 Å². The summed E-state index contributed by atoms with van der Waals surface area (Å²) in [6.45, 7) is 2.58. The SMILES string of the molecule is Cc1cc(Cl)cc2c1NC(=O)[C@]21[C@@H]2C(=O)N(c3ccc4ccccc4c3)C(=O)[C@@H]2[C@@H]2CCCN21. The summed E-state index contributed by atoms with van der Waals surface area (Å²) in [5, 5.41) is 5.57. The highest BCUT2D eigenvalue weighted by molar-refractivity contribution is 6.31. The highest BCUT2D eigenvalue weighted by atomic mass is 35.5. The van der Waals surface area contributed by atoms with Crippen LogP contribution in [0.1, 0.15) is 24.0 Å². The van der Waals surface area contributed by atoms with E-state index in [9.17, 15) is 14.4 Å². The molecular weight excluding hydrogens is 450 g/mol. The molecule has 3 aromatic rings. The van der Waals surface area contributed by atoms with Crippen LogP contribution in [0.2, 0.25) is 5.02 Å². The van der Waals surface area contributed by atoms with Crippen LogP contribution in [0.15, 0.2) is 54.6 Å². The second-order valence-electron chi connectivity index (χ2n) is 9.82. The third-order valence-electron chi connectivity index (χ3n) is 8.25. The van der Waals surface area contributed by atoms with Gasteiger partial charge in [0.2, 0.25) is 17.7 Å². The number of hydrogen-bond donors (Lipinski definition) is 1. The van der Waals surface area contributed by atoms with Gasteiger partial charge in [0.15, 0.2) is 0 Å². The van der Waals surface area contributed by atoms with Crippen LogP contribution in [0.5, 0.6) is 0 Å². The van der Waals surface area contributed by atoms with Crippen LogP contribution in [0.3, 0.4) is 0 Å². The Kier molecular flexibility index (Phi) is 3.96. The second-order valence-corrected chi connectivity index (χ2v) is 10.3. The standard InChI is InChI=1S/C27H22ClN3O3/c1-14-11-17(28)13-19-23(14)29-26(34)27(19)22-21(20-7-4-10-30(20)27)24(32)31(25(22)33)18-9-8-15-5-2-3-6-16(15)12-18/h2-3,5-6,8-9,11-13,20-22H,4,7,10H2,1H3,(H,29,34)/t20-,21+,22-,27+/m0/s1. The van der Waals surface area contributed by atoms with E-state index in [4.69, 9.17) is 11.6 Å². The van der Waals surface area contributed by atoms with Gasteiger partial charge in [0.05, 0.1) is 17.5 Å². The van der Waals surface area contributed by atoms with Gasteiger partial charge in [0, 0.05) is 22.3 Å². The molecule has 0 saturated carbocycles. The molecule has 3 saturated heterocycles. The number of nitrogens with zero attached hydrogens (tertiary/aromatic N) is 2. The number of amides is 3. The van der Waals surface area contributed by atoms with E-state index in [-0.39, 0.29) is 23.8 Å². The van der Waals surface area contributed by atoms with Crippen LogP contribution >= 0.6 is 11.6 Å². The van der Waals surface area contributed by atoms with E-state index < -0.39 is 17.4 Å². The first kappa shape index (κ1) is 20.2. The molecule has 0 bridgehead atoms. The molecule has 0 radical (unpaired) electrons. The van der Waals surface area contributed by atoms with Gasteiger partial charge in [-0.05, 0) is 66.9 Å². The molecule has 1 N–H and O–H groups in total. The topological polar surface area (TPSA) is 69.7 Å². The number of imide groups is 1. The van der Waals surface area contributed by atoms with Gasteiger partial charge in [-0.1, -0.05) is 41.9 Å². The third-order valence-corrected chi connectivity index (χ3v) is 8.47. The van der Waals surface area contributed by atoms with Crippen molar-refractivity contribution in [1.82, 2.24) is 4.90 Å². The van der Waals surface area contributed by atoms with E-state index in [1.165, 1.54) is 4.90 Å². The van der Waals surface area contributed by atoms with Crippen molar-refractivity contribution in [3.63, 3.8) is 0 Å². The molecule has 4 atom stereocenters. The van der Waals surface area contributed by atoms with Gasteiger partial charge in [-0.15, -0.1) is 0 Å². The van der Waals surface area contributed by atoms with Crippen molar-refractivity contribution in [3.8, 4) is 0 Å². The van der Waals surface area contributed by atoms with Crippen LogP contribution in [0.4, 0.5) is 11.4 Å². The Labute approximate surface area is 201 Å². The normalized spacial score (nSPS) is 29.8. The lowest BCUT2D eigenvalue weighted by Crippen LogP contribution is -2.54. The Morgan fingerprint density at radius 2 is 1.79 bits per heavy atom. The molecule has 4 heterocycles. The second kappa shape index (κ2) is 6.68. The Morgan fingerprint density at radius 1 is 1.00 bits per heavy atom. The minimum Gasteiger partial charge on any atom is -0.324 e. The maximum Gasteiger partial charge on any atom is 0.250 e. The highest BCUT2D eigenvalue weighted by Crippen LogP contribution is 2.61. The van der Waals surface area contributed by atoms with Crippen molar-refractivity contribution < 1.29 is 14.4 Å². The minimum atomic E-state index is -1.21. The van der Waals surface area contributed by atoms with E-state index in [1.54, 1.807) is 6.07 Å². The van der Waals surface area contributed by atoms with E-state index in [0.29, 0.717) is 22.9 Å². The zero-order valence-electron chi connectivity index (χ0n) is 18.5. The fourth-order valence-electron chi connectivity index (χ4n) is 7.01. The van der Waals surface area contributed by atoms with Gasteiger partial charge >= 0.3 is 0 Å². The van der Waals surface area contributed by atoms with Gasteiger partial charge in [-0.3, -0.25) is 19.3 Å². The molecule has 170 valence electrons. The number of nitrogens with one attached hydrogen (secondary N) is 1. The Hall–Kier alpha value is -3.22. The van der Waals surface area contributed by atoms with E-state index in [1.807, 2.05) is 55.5 Å². The molecule has 7 heteroatoms. The summed E-state index contributed by atoms with van der Waals surface area (Å²) < 4.78 is 0. The first-order valence-corrected chi connectivity index (χ1v) is 12.1. The van der Waals surface area contributed by atoms with Crippen molar-refractivity contribution >= 4 is 51.5 Å². The molecule has 4 aliphatic heterocycles. The molecule has 1 spiro atoms. The third kappa shape index (κ3) is 2.28. The van der Waals surface area contributed by atoms with Crippen molar-refractivity contribution in [2.24, 2.45) is 11.8 Å². The molecule has 3 fully saturated rings. The summed E-state index contributed by atoms with van der Waals surface area (Å²) in [6, 6.07) is 17.0. The summed E-state index contributed by atoms with van der Waals surface area (Å²) >= 11 is 6.45. The average molecular weight is 472 g/mol. The first-order chi connectivity index (χ1) is 16.4. The summed E-state index contributed by atoms with van der Waals surface area (Å²) in [7, 11) is 0. The minimum absolute atomic E-state index is 0.150. The van der Waals surface area contributed by atoms with E-state index >= 15 is 0 Å². The summed E-state index contributed by atoms with van der Waals surface area (Å²) in [5.74, 6) is -2.08. The molecule has 7 rings (SSSR count). The molecular formula is C27H22ClN3O3. The maximum atomic E-state index is 14.1. The molecule has 3 aromatic carbocycles. The number of aryl methyl sites for hydroxylation is 1. The number of fused-ring (bicyclic) bond motifs is 8. The number of carbonyl (C=O) groups excluding carboxylic acids is 3. The zero-order chi connectivity index (χ0) is 23.4. The Balaban J connectivity index is 1.43. The number of halogens is 1. The summed E-state index contributed by atoms with van der Waals surface area (Å²) in [6.07, 6.45) is 1.67. The monoisotopic (exact) mass is 471 g/mol. The number of benzene rings is 3. The van der Waals surface area contributed by atoms with Gasteiger partial charge < -0.3 is 5.32 Å². The molecule has 4 aliphatic rings. The van der Waals surface area contributed by atoms with Crippen molar-refractivity contribution in [2.75, 3.05) is 16.8 Å². The summed E-state index contributed by atoms with van der Waals surface area (Å²) in [5.41, 5.74) is 1.64. The molecule has 3 amide bonds. The Bertz CT molecular complexity index is 1450. The predicted octanol–water partition coefficient (Wildman–Crippen LogP) is 4.23. The van der Waals surface area contributed by atoms with Crippen LogP contribution in [-0.4, -0.2) is 35.2 Å². The van der Waals surface area contributed by atoms with Crippen LogP contribution < -0.4 is 10.2 Å². The van der Waals surface area contributed by atoms with E-state index in [2.05, 4.69) is 10.2 Å². The number of rotatable bonds is 1. The average Bonchev–Trinajstić information content (AvgIpc) is 3.52. The molecule has 0 aromatic heterocycles. The molecule has 0 unspecified atom stereocenters. The lowest BCUT2D eigenvalue weighted by molar-refractivity contribution is -0.135. The van der Waals surface area contributed by atoms with E-state index in [0.717, 1.165) is 34.7 Å². The fraction of sp³-hybridized carbons (Fsp3) is 0.296. The van der Waals surface area contributed by atoms with Gasteiger partial charge in [0.1, 0.15) is 5.54 Å². The first-order valence-electron chi connectivity index (χ1n) is 11.7. The maximum absolute atomic E-state index is 14.1. The van der Waals surface area contributed by atoms with Crippen molar-refractivity contribution in [2.45, 2.75) is 31.3 Å². The smallest absolute Gasteiger partial charge is 0.250 e. The van der Waals surface area contributed by atoms with Gasteiger partial charge in [-0.25, -0.2) is 4.90 Å². The zero-order valence-corrected chi connectivity index (χ0v) is 19.3. The summed E-state index contributed by atoms with van der Waals surface area (Å²) in [4.78, 5) is 45.2. The molecule has 34 heavy (non-hydrogen) atoms. The van der Waals surface area contributed by atoms with Crippen molar-refractivity contribution in [3.05, 3.63) is 70.7 Å². The number of anilines is 2. The van der Waals surface area contributed by atoms with Crippen LogP contribution in [0.25, 0.3) is 10.8 Å². The molecule has 6 nitrogen and oxygen atoms in total. The van der Waals surface area contributed by atoms with Crippen LogP contribution in [0, 0.1) is 18.8 Å².